The third-order valence-corrected chi connectivity index (χ3v) is 4.05. The number of benzene rings is 2. The van der Waals surface area contributed by atoms with Gasteiger partial charge in [-0.15, -0.1) is 0 Å². The summed E-state index contributed by atoms with van der Waals surface area (Å²) in [5, 5.41) is 13.4. The van der Waals surface area contributed by atoms with Gasteiger partial charge >= 0.3 is 0 Å². The van der Waals surface area contributed by atoms with Gasteiger partial charge in [0, 0.05) is 34.4 Å². The molecule has 0 fully saturated rings. The Morgan fingerprint density at radius 3 is 2.68 bits per heavy atom. The third kappa shape index (κ3) is 5.33. The van der Waals surface area contributed by atoms with Crippen molar-refractivity contribution in [1.82, 2.24) is 4.90 Å². The second-order valence-corrected chi connectivity index (χ2v) is 6.63. The van der Waals surface area contributed by atoms with E-state index >= 15 is 0 Å². The Balaban J connectivity index is 1.97. The van der Waals surface area contributed by atoms with Crippen LogP contribution < -0.4 is 5.32 Å². The molecule has 8 heteroatoms. The number of nitro benzene ring substituents is 1. The van der Waals surface area contributed by atoms with Crippen LogP contribution in [-0.4, -0.2) is 29.3 Å². The maximum atomic E-state index is 13.8. The number of carbonyl (C=O) groups is 1. The Hall–Kier alpha value is -2.32. The molecule has 0 aliphatic rings. The smallest absolute Gasteiger partial charge is 0.269 e. The zero-order chi connectivity index (χ0) is 18.6. The molecule has 0 unspecified atom stereocenters. The quantitative estimate of drug-likeness (QED) is 0.580. The van der Waals surface area contributed by atoms with Crippen LogP contribution in [0.3, 0.4) is 0 Å². The molecule has 2 aromatic carbocycles. The molecule has 0 aliphatic carbocycles. The number of aryl methyl sites for hydroxylation is 1. The normalized spacial score (nSPS) is 10.8. The minimum absolute atomic E-state index is 0.0299. The van der Waals surface area contributed by atoms with Gasteiger partial charge in [-0.05, 0) is 43.8 Å². The van der Waals surface area contributed by atoms with Gasteiger partial charge in [0.25, 0.3) is 5.69 Å². The maximum Gasteiger partial charge on any atom is 0.269 e. The first kappa shape index (κ1) is 19.0. The second kappa shape index (κ2) is 8.17. The summed E-state index contributed by atoms with van der Waals surface area (Å²) in [5.41, 5.74) is 1.56. The summed E-state index contributed by atoms with van der Waals surface area (Å²) >= 11 is 3.29. The van der Waals surface area contributed by atoms with Crippen molar-refractivity contribution < 1.29 is 14.1 Å². The van der Waals surface area contributed by atoms with Crippen LogP contribution in [0.2, 0.25) is 0 Å². The molecular weight excluding hydrogens is 393 g/mol. The molecule has 132 valence electrons. The third-order valence-electron chi connectivity index (χ3n) is 3.56. The van der Waals surface area contributed by atoms with Crippen LogP contribution in [0.4, 0.5) is 15.8 Å². The summed E-state index contributed by atoms with van der Waals surface area (Å²) in [7, 11) is 1.71. The molecule has 0 heterocycles. The van der Waals surface area contributed by atoms with Gasteiger partial charge < -0.3 is 5.32 Å². The highest BCUT2D eigenvalue weighted by Crippen LogP contribution is 2.21. The van der Waals surface area contributed by atoms with E-state index in [1.165, 1.54) is 24.3 Å². The van der Waals surface area contributed by atoms with E-state index in [1.807, 2.05) is 0 Å². The van der Waals surface area contributed by atoms with Crippen LogP contribution in [0, 0.1) is 22.9 Å². The van der Waals surface area contributed by atoms with Gasteiger partial charge in [0.15, 0.2) is 0 Å². The summed E-state index contributed by atoms with van der Waals surface area (Å²) < 4.78 is 14.5. The number of nitrogens with one attached hydrogen (secondary N) is 1. The Morgan fingerprint density at radius 1 is 1.32 bits per heavy atom. The highest BCUT2D eigenvalue weighted by molar-refractivity contribution is 9.10. The molecule has 1 N–H and O–H groups in total. The monoisotopic (exact) mass is 409 g/mol. The fourth-order valence-electron chi connectivity index (χ4n) is 2.35. The molecule has 2 aromatic rings. The van der Waals surface area contributed by atoms with Crippen LogP contribution in [0.25, 0.3) is 0 Å². The van der Waals surface area contributed by atoms with E-state index in [0.29, 0.717) is 16.8 Å². The first-order valence-corrected chi connectivity index (χ1v) is 8.23. The average molecular weight is 410 g/mol. The highest BCUT2D eigenvalue weighted by Gasteiger charge is 2.13. The second-order valence-electron chi connectivity index (χ2n) is 5.71. The van der Waals surface area contributed by atoms with Crippen molar-refractivity contribution >= 4 is 33.2 Å². The zero-order valence-corrected chi connectivity index (χ0v) is 15.3. The number of likely N-dealkylation sites (N-methyl/N-ethyl adjacent to an activating group) is 1. The predicted octanol–water partition coefficient (Wildman–Crippen LogP) is 3.88. The van der Waals surface area contributed by atoms with Gasteiger partial charge in [-0.2, -0.15) is 0 Å². The molecule has 0 radical (unpaired) electrons. The molecule has 6 nitrogen and oxygen atoms in total. The highest BCUT2D eigenvalue weighted by atomic mass is 79.9. The van der Waals surface area contributed by atoms with Crippen molar-refractivity contribution in [3.63, 3.8) is 0 Å². The number of nitro groups is 1. The standard InChI is InChI=1S/C17H17BrFN3O3/c1-11-7-14(22(24)25)4-6-16(11)20-17(23)10-21(2)9-12-8-13(18)3-5-15(12)19/h3-8H,9-10H2,1-2H3,(H,20,23). The van der Waals surface area contributed by atoms with Crippen LogP contribution in [0.5, 0.6) is 0 Å². The van der Waals surface area contributed by atoms with E-state index in [1.54, 1.807) is 31.0 Å². The van der Waals surface area contributed by atoms with Crippen molar-refractivity contribution in [2.45, 2.75) is 13.5 Å². The number of amides is 1. The lowest BCUT2D eigenvalue weighted by Crippen LogP contribution is -2.30. The molecule has 0 bridgehead atoms. The number of hydrogen-bond acceptors (Lipinski definition) is 4. The fourth-order valence-corrected chi connectivity index (χ4v) is 2.76. The van der Waals surface area contributed by atoms with E-state index < -0.39 is 4.92 Å². The van der Waals surface area contributed by atoms with Crippen molar-refractivity contribution in [1.29, 1.82) is 0 Å². The first-order chi connectivity index (χ1) is 11.8. The fraction of sp³-hybridized carbons (Fsp3) is 0.235. The number of nitrogens with zero attached hydrogens (tertiary/aromatic N) is 2. The van der Waals surface area contributed by atoms with Gasteiger partial charge in [-0.25, -0.2) is 4.39 Å². The minimum Gasteiger partial charge on any atom is -0.325 e. The van der Waals surface area contributed by atoms with Gasteiger partial charge in [0.05, 0.1) is 11.5 Å². The molecule has 0 aromatic heterocycles. The summed E-state index contributed by atoms with van der Waals surface area (Å²) in [4.78, 5) is 24.1. The average Bonchev–Trinajstić information content (AvgIpc) is 2.52. The number of carbonyl (C=O) groups excluding carboxylic acids is 1. The lowest BCUT2D eigenvalue weighted by Gasteiger charge is -2.17. The van der Waals surface area contributed by atoms with Crippen LogP contribution in [-0.2, 0) is 11.3 Å². The molecule has 0 saturated carbocycles. The van der Waals surface area contributed by atoms with Gasteiger partial charge in [-0.3, -0.25) is 19.8 Å². The minimum atomic E-state index is -0.487. The Bertz CT molecular complexity index is 814. The van der Waals surface area contributed by atoms with Crippen molar-refractivity contribution in [3.8, 4) is 0 Å². The van der Waals surface area contributed by atoms with Gasteiger partial charge in [-0.1, -0.05) is 15.9 Å². The number of rotatable bonds is 6. The van der Waals surface area contributed by atoms with Crippen LogP contribution in [0.15, 0.2) is 40.9 Å². The van der Waals surface area contributed by atoms with Crippen LogP contribution in [0.1, 0.15) is 11.1 Å². The Kier molecular flexibility index (Phi) is 6.22. The SMILES string of the molecule is Cc1cc([N+](=O)[O-])ccc1NC(=O)CN(C)Cc1cc(Br)ccc1F. The zero-order valence-electron chi connectivity index (χ0n) is 13.8. The molecule has 0 atom stereocenters. The predicted molar refractivity (Wildman–Crippen MR) is 96.9 cm³/mol. The summed E-state index contributed by atoms with van der Waals surface area (Å²) in [5.74, 6) is -0.614. The summed E-state index contributed by atoms with van der Waals surface area (Å²) in [6.45, 7) is 2.02. The summed E-state index contributed by atoms with van der Waals surface area (Å²) in [6, 6.07) is 8.89. The first-order valence-electron chi connectivity index (χ1n) is 7.43. The largest absolute Gasteiger partial charge is 0.325 e. The Morgan fingerprint density at radius 2 is 2.04 bits per heavy atom. The number of halogens is 2. The molecular formula is C17H17BrFN3O3. The van der Waals surface area contributed by atoms with E-state index in [9.17, 15) is 19.3 Å². The molecule has 0 aliphatic heterocycles. The van der Waals surface area contributed by atoms with Gasteiger partial charge in [0.1, 0.15) is 5.82 Å². The lowest BCUT2D eigenvalue weighted by molar-refractivity contribution is -0.384. The molecule has 0 spiro atoms. The summed E-state index contributed by atoms with van der Waals surface area (Å²) in [6.07, 6.45) is 0. The molecule has 2 rings (SSSR count). The van der Waals surface area contributed by atoms with E-state index in [4.69, 9.17) is 0 Å². The molecule has 25 heavy (non-hydrogen) atoms. The maximum absolute atomic E-state index is 13.8. The molecule has 1 amide bonds. The number of anilines is 1. The van der Waals surface area contributed by atoms with Gasteiger partial charge in [0.2, 0.25) is 5.91 Å². The van der Waals surface area contributed by atoms with Crippen molar-refractivity contribution in [3.05, 3.63) is 67.9 Å². The lowest BCUT2D eigenvalue weighted by atomic mass is 10.1. The number of non-ortho nitro benzene ring substituents is 1. The van der Waals surface area contributed by atoms with Crippen LogP contribution >= 0.6 is 15.9 Å². The van der Waals surface area contributed by atoms with E-state index in [0.717, 1.165) is 4.47 Å². The van der Waals surface area contributed by atoms with Crippen molar-refractivity contribution in [2.75, 3.05) is 18.9 Å². The van der Waals surface area contributed by atoms with E-state index in [2.05, 4.69) is 21.2 Å². The van der Waals surface area contributed by atoms with Crippen molar-refractivity contribution in [2.24, 2.45) is 0 Å². The number of hydrogen-bond donors (Lipinski definition) is 1. The Labute approximate surface area is 152 Å². The topological polar surface area (TPSA) is 75.5 Å². The molecule has 0 saturated heterocycles. The van der Waals surface area contributed by atoms with E-state index in [-0.39, 0.29) is 30.5 Å².